The van der Waals surface area contributed by atoms with Gasteiger partial charge in [0.1, 0.15) is 0 Å². The van der Waals surface area contributed by atoms with Gasteiger partial charge < -0.3 is 4.74 Å². The minimum absolute atomic E-state index is 0.543. The van der Waals surface area contributed by atoms with Crippen molar-refractivity contribution in [2.45, 2.75) is 64.4 Å². The maximum atomic E-state index is 5.82. The van der Waals surface area contributed by atoms with E-state index in [1.165, 1.54) is 51.4 Å². The molecule has 1 heteroatoms. The van der Waals surface area contributed by atoms with Crippen LogP contribution in [0.1, 0.15) is 58.3 Å². The average Bonchev–Trinajstić information content (AvgIpc) is 2.70. The van der Waals surface area contributed by atoms with Gasteiger partial charge in [-0.15, -0.1) is 0 Å². The smallest absolute Gasteiger partial charge is 0.0978 e. The van der Waals surface area contributed by atoms with Crippen molar-refractivity contribution in [2.75, 3.05) is 0 Å². The van der Waals surface area contributed by atoms with Gasteiger partial charge in [0.25, 0.3) is 0 Å². The zero-order valence-corrected chi connectivity index (χ0v) is 9.30. The van der Waals surface area contributed by atoms with E-state index in [2.05, 4.69) is 13.2 Å². The van der Waals surface area contributed by atoms with Crippen LogP contribution in [0, 0.1) is 5.92 Å². The van der Waals surface area contributed by atoms with Crippen LogP contribution < -0.4 is 0 Å². The Morgan fingerprint density at radius 3 is 2.36 bits per heavy atom. The van der Waals surface area contributed by atoms with Gasteiger partial charge in [-0.25, -0.2) is 0 Å². The molecule has 14 heavy (non-hydrogen) atoms. The van der Waals surface area contributed by atoms with Crippen molar-refractivity contribution in [1.29, 1.82) is 0 Å². The Morgan fingerprint density at radius 1 is 1.07 bits per heavy atom. The van der Waals surface area contributed by atoms with E-state index in [1.807, 2.05) is 0 Å². The molecule has 0 amide bonds. The van der Waals surface area contributed by atoms with E-state index in [1.54, 1.807) is 5.57 Å². The molecule has 0 heterocycles. The van der Waals surface area contributed by atoms with Gasteiger partial charge in [0.15, 0.2) is 0 Å². The summed E-state index contributed by atoms with van der Waals surface area (Å²) in [7, 11) is 0. The molecule has 2 fully saturated rings. The Labute approximate surface area is 87.5 Å². The highest BCUT2D eigenvalue weighted by molar-refractivity contribution is 5.01. The molecule has 0 aliphatic heterocycles. The van der Waals surface area contributed by atoms with Gasteiger partial charge in [-0.1, -0.05) is 6.92 Å². The molecule has 0 aromatic heterocycles. The number of hydrogen-bond donors (Lipinski definition) is 0. The van der Waals surface area contributed by atoms with Crippen LogP contribution in [0.4, 0.5) is 0 Å². The maximum Gasteiger partial charge on any atom is 0.0978 e. The largest absolute Gasteiger partial charge is 0.498 e. The quantitative estimate of drug-likeness (QED) is 0.603. The average molecular weight is 194 g/mol. The third kappa shape index (κ3) is 2.76. The summed E-state index contributed by atoms with van der Waals surface area (Å²) in [5.41, 5.74) is 1.55. The lowest BCUT2D eigenvalue weighted by atomic mass is 9.88. The van der Waals surface area contributed by atoms with Gasteiger partial charge in [-0.05, 0) is 62.9 Å². The Morgan fingerprint density at radius 2 is 1.71 bits per heavy atom. The van der Waals surface area contributed by atoms with Crippen LogP contribution >= 0.6 is 0 Å². The lowest BCUT2D eigenvalue weighted by Gasteiger charge is -2.20. The molecular weight excluding hydrogens is 172 g/mol. The van der Waals surface area contributed by atoms with Crippen molar-refractivity contribution in [2.24, 2.45) is 5.92 Å². The van der Waals surface area contributed by atoms with Crippen LogP contribution in [-0.4, -0.2) is 6.10 Å². The predicted molar refractivity (Wildman–Crippen MR) is 59.1 cm³/mol. The van der Waals surface area contributed by atoms with Gasteiger partial charge in [0, 0.05) is 0 Å². The summed E-state index contributed by atoms with van der Waals surface area (Å²) >= 11 is 0. The van der Waals surface area contributed by atoms with Gasteiger partial charge in [-0.3, -0.25) is 0 Å². The third-order valence-corrected chi connectivity index (χ3v) is 3.65. The third-order valence-electron chi connectivity index (χ3n) is 3.65. The van der Waals surface area contributed by atoms with E-state index < -0.39 is 0 Å². The van der Waals surface area contributed by atoms with Crippen molar-refractivity contribution in [3.63, 3.8) is 0 Å². The molecule has 2 aliphatic rings. The first-order valence-electron chi connectivity index (χ1n) is 6.18. The first kappa shape index (κ1) is 10.1. The van der Waals surface area contributed by atoms with E-state index in [0.717, 1.165) is 5.92 Å². The van der Waals surface area contributed by atoms with Crippen LogP contribution in [0.15, 0.2) is 11.8 Å². The summed E-state index contributed by atoms with van der Waals surface area (Å²) in [4.78, 5) is 0. The van der Waals surface area contributed by atoms with E-state index in [-0.39, 0.29) is 0 Å². The first-order valence-corrected chi connectivity index (χ1v) is 6.18. The summed E-state index contributed by atoms with van der Waals surface area (Å²) < 4.78 is 5.82. The highest BCUT2D eigenvalue weighted by Crippen LogP contribution is 2.28. The number of rotatable bonds is 2. The highest BCUT2D eigenvalue weighted by atomic mass is 16.5. The van der Waals surface area contributed by atoms with Crippen LogP contribution in [0.25, 0.3) is 0 Å². The van der Waals surface area contributed by atoms with E-state index in [0.29, 0.717) is 6.10 Å². The minimum atomic E-state index is 0.543. The molecule has 0 aromatic rings. The summed E-state index contributed by atoms with van der Waals surface area (Å²) in [5, 5.41) is 0. The normalized spacial score (nSPS) is 29.2. The van der Waals surface area contributed by atoms with E-state index >= 15 is 0 Å². The number of ether oxygens (including phenoxy) is 1. The number of allylic oxidation sites excluding steroid dienone is 1. The molecule has 0 atom stereocenters. The molecule has 0 spiro atoms. The molecule has 0 unspecified atom stereocenters. The molecule has 0 saturated heterocycles. The zero-order valence-electron chi connectivity index (χ0n) is 9.30. The second-order valence-corrected chi connectivity index (χ2v) is 5.00. The van der Waals surface area contributed by atoms with Crippen molar-refractivity contribution in [3.8, 4) is 0 Å². The molecular formula is C13H22O. The Hall–Kier alpha value is -0.460. The minimum Gasteiger partial charge on any atom is -0.498 e. The van der Waals surface area contributed by atoms with Crippen LogP contribution in [0.5, 0.6) is 0 Å². The number of hydrogen-bond acceptors (Lipinski definition) is 1. The molecule has 0 aromatic carbocycles. The Bertz CT molecular complexity index is 191. The first-order chi connectivity index (χ1) is 6.84. The van der Waals surface area contributed by atoms with Crippen molar-refractivity contribution in [1.82, 2.24) is 0 Å². The Kier molecular flexibility index (Phi) is 3.49. The van der Waals surface area contributed by atoms with E-state index in [9.17, 15) is 0 Å². The van der Waals surface area contributed by atoms with Crippen molar-refractivity contribution in [3.05, 3.63) is 11.8 Å². The van der Waals surface area contributed by atoms with Gasteiger partial charge in [0.05, 0.1) is 12.4 Å². The zero-order chi connectivity index (χ0) is 9.80. The van der Waals surface area contributed by atoms with Gasteiger partial charge >= 0.3 is 0 Å². The Balaban J connectivity index is 1.74. The fourth-order valence-electron chi connectivity index (χ4n) is 2.47. The summed E-state index contributed by atoms with van der Waals surface area (Å²) in [6.45, 7) is 2.36. The molecule has 1 nitrogen and oxygen atoms in total. The molecule has 2 rings (SSSR count). The standard InChI is InChI=1S/C13H22O/c1-11-6-8-12(9-7-11)10-14-13-4-2-3-5-13/h10-11,13H,2-9H2,1H3. The van der Waals surface area contributed by atoms with Crippen molar-refractivity contribution < 1.29 is 4.74 Å². The summed E-state index contributed by atoms with van der Waals surface area (Å²) in [6.07, 6.45) is 13.2. The molecule has 2 saturated carbocycles. The lowest BCUT2D eigenvalue weighted by molar-refractivity contribution is 0.147. The van der Waals surface area contributed by atoms with Crippen LogP contribution in [-0.2, 0) is 4.74 Å². The molecule has 80 valence electrons. The lowest BCUT2D eigenvalue weighted by Crippen LogP contribution is -2.07. The maximum absolute atomic E-state index is 5.82. The van der Waals surface area contributed by atoms with Gasteiger partial charge in [-0.2, -0.15) is 0 Å². The SMILES string of the molecule is CC1CCC(=COC2CCCC2)CC1. The summed E-state index contributed by atoms with van der Waals surface area (Å²) in [5.74, 6) is 0.929. The monoisotopic (exact) mass is 194 g/mol. The van der Waals surface area contributed by atoms with Crippen LogP contribution in [0.3, 0.4) is 0 Å². The fourth-order valence-corrected chi connectivity index (χ4v) is 2.47. The molecule has 0 radical (unpaired) electrons. The van der Waals surface area contributed by atoms with E-state index in [4.69, 9.17) is 4.74 Å². The molecule has 0 N–H and O–H groups in total. The summed E-state index contributed by atoms with van der Waals surface area (Å²) in [6, 6.07) is 0. The molecule has 0 bridgehead atoms. The van der Waals surface area contributed by atoms with Crippen molar-refractivity contribution >= 4 is 0 Å². The van der Waals surface area contributed by atoms with Crippen LogP contribution in [0.2, 0.25) is 0 Å². The topological polar surface area (TPSA) is 9.23 Å². The fraction of sp³-hybridized carbons (Fsp3) is 0.846. The predicted octanol–water partition coefficient (Wildman–Crippen LogP) is 4.04. The second kappa shape index (κ2) is 4.86. The second-order valence-electron chi connectivity index (χ2n) is 5.00. The highest BCUT2D eigenvalue weighted by Gasteiger charge is 2.16. The van der Waals surface area contributed by atoms with Gasteiger partial charge in [0.2, 0.25) is 0 Å². The molecule has 2 aliphatic carbocycles.